The zero-order valence-electron chi connectivity index (χ0n) is 11.6. The predicted octanol–water partition coefficient (Wildman–Crippen LogP) is 1.37. The minimum Gasteiger partial charge on any atom is -0.477 e. The van der Waals surface area contributed by atoms with E-state index in [-0.39, 0.29) is 12.0 Å². The van der Waals surface area contributed by atoms with E-state index in [0.29, 0.717) is 30.4 Å². The first kappa shape index (κ1) is 13.4. The molecule has 0 bridgehead atoms. The monoisotopic (exact) mass is 289 g/mol. The first-order valence-corrected chi connectivity index (χ1v) is 6.61. The summed E-state index contributed by atoms with van der Waals surface area (Å²) in [6.45, 7) is 1.14. The van der Waals surface area contributed by atoms with E-state index >= 15 is 0 Å². The third kappa shape index (κ3) is 2.81. The van der Waals surface area contributed by atoms with Crippen LogP contribution < -0.4 is 9.47 Å². The van der Waals surface area contributed by atoms with Crippen LogP contribution in [0, 0.1) is 0 Å². The molecule has 0 saturated carbocycles. The lowest BCUT2D eigenvalue weighted by Crippen LogP contribution is -2.30. The summed E-state index contributed by atoms with van der Waals surface area (Å²) < 4.78 is 15.8. The Hall–Kier alpha value is -2.57. The largest absolute Gasteiger partial charge is 0.477 e. The molecule has 7 nitrogen and oxygen atoms in total. The van der Waals surface area contributed by atoms with Crippen molar-refractivity contribution in [1.82, 2.24) is 14.9 Å². The first-order valence-electron chi connectivity index (χ1n) is 6.61. The number of furan rings is 1. The van der Waals surface area contributed by atoms with Crippen LogP contribution in [0.15, 0.2) is 35.4 Å². The molecule has 3 rings (SSSR count). The molecular formula is C14H15N3O4. The Balaban J connectivity index is 1.63. The van der Waals surface area contributed by atoms with E-state index in [1.165, 1.54) is 25.8 Å². The molecule has 1 aliphatic heterocycles. The van der Waals surface area contributed by atoms with Crippen LogP contribution in [0.4, 0.5) is 0 Å². The number of hydrogen-bond donors (Lipinski definition) is 0. The van der Waals surface area contributed by atoms with E-state index in [4.69, 9.17) is 13.9 Å². The molecule has 1 aliphatic rings. The summed E-state index contributed by atoms with van der Waals surface area (Å²) in [4.78, 5) is 22.1. The minimum absolute atomic E-state index is 0.0547. The molecule has 1 saturated heterocycles. The molecule has 1 unspecified atom stereocenters. The van der Waals surface area contributed by atoms with Crippen molar-refractivity contribution in [3.8, 4) is 11.8 Å². The first-order chi connectivity index (χ1) is 10.3. The topological polar surface area (TPSA) is 77.7 Å². The molecule has 0 aromatic carbocycles. The van der Waals surface area contributed by atoms with Gasteiger partial charge in [0.25, 0.3) is 17.7 Å². The predicted molar refractivity (Wildman–Crippen MR) is 72.2 cm³/mol. The summed E-state index contributed by atoms with van der Waals surface area (Å²) in [5.74, 6) is 0.640. The summed E-state index contributed by atoms with van der Waals surface area (Å²) in [5.41, 5.74) is 0.549. The summed E-state index contributed by atoms with van der Waals surface area (Å²) in [6, 6.07) is 1.65. The van der Waals surface area contributed by atoms with Gasteiger partial charge in [0.15, 0.2) is 0 Å². The van der Waals surface area contributed by atoms with E-state index in [0.717, 1.165) is 6.42 Å². The van der Waals surface area contributed by atoms with Gasteiger partial charge in [-0.1, -0.05) is 0 Å². The van der Waals surface area contributed by atoms with Crippen LogP contribution in [-0.4, -0.2) is 47.1 Å². The smallest absolute Gasteiger partial charge is 0.278 e. The number of likely N-dealkylation sites (tertiary alicyclic amines) is 1. The zero-order chi connectivity index (χ0) is 14.7. The number of rotatable bonds is 4. The van der Waals surface area contributed by atoms with Crippen LogP contribution in [0.3, 0.4) is 0 Å². The maximum absolute atomic E-state index is 12.2. The van der Waals surface area contributed by atoms with Gasteiger partial charge in [0, 0.05) is 25.4 Å². The molecule has 1 atom stereocenters. The van der Waals surface area contributed by atoms with E-state index < -0.39 is 0 Å². The molecule has 21 heavy (non-hydrogen) atoms. The second kappa shape index (κ2) is 5.82. The van der Waals surface area contributed by atoms with Gasteiger partial charge in [0.05, 0.1) is 25.5 Å². The number of methoxy groups -OCH3 is 1. The molecule has 0 N–H and O–H groups in total. The van der Waals surface area contributed by atoms with Crippen molar-refractivity contribution in [3.63, 3.8) is 0 Å². The van der Waals surface area contributed by atoms with Crippen LogP contribution in [0.25, 0.3) is 0 Å². The molecule has 1 amide bonds. The molecule has 2 aromatic rings. The number of carbonyl (C=O) groups excluding carboxylic acids is 1. The normalized spacial score (nSPS) is 17.8. The SMILES string of the molecule is COc1nccnc1OC1CCN(C(=O)c2ccoc2)C1. The quantitative estimate of drug-likeness (QED) is 0.846. The number of carbonyl (C=O) groups is 1. The summed E-state index contributed by atoms with van der Waals surface area (Å²) in [5, 5.41) is 0. The minimum atomic E-state index is -0.119. The number of amides is 1. The second-order valence-corrected chi connectivity index (χ2v) is 4.66. The summed E-state index contributed by atoms with van der Waals surface area (Å²) >= 11 is 0. The molecule has 110 valence electrons. The summed E-state index contributed by atoms with van der Waals surface area (Å²) in [7, 11) is 1.51. The third-order valence-corrected chi connectivity index (χ3v) is 3.31. The third-order valence-electron chi connectivity index (χ3n) is 3.31. The Labute approximate surface area is 121 Å². The van der Waals surface area contributed by atoms with Gasteiger partial charge in [-0.2, -0.15) is 0 Å². The van der Waals surface area contributed by atoms with Gasteiger partial charge < -0.3 is 18.8 Å². The van der Waals surface area contributed by atoms with Crippen molar-refractivity contribution in [2.75, 3.05) is 20.2 Å². The van der Waals surface area contributed by atoms with Gasteiger partial charge in [-0.05, 0) is 6.07 Å². The Morgan fingerprint density at radius 3 is 2.90 bits per heavy atom. The van der Waals surface area contributed by atoms with Gasteiger partial charge in [-0.15, -0.1) is 0 Å². The van der Waals surface area contributed by atoms with Crippen LogP contribution >= 0.6 is 0 Å². The maximum atomic E-state index is 12.2. The molecule has 2 aromatic heterocycles. The molecule has 0 aliphatic carbocycles. The fraction of sp³-hybridized carbons (Fsp3) is 0.357. The Morgan fingerprint density at radius 2 is 2.19 bits per heavy atom. The second-order valence-electron chi connectivity index (χ2n) is 4.66. The van der Waals surface area contributed by atoms with Crippen molar-refractivity contribution in [2.24, 2.45) is 0 Å². The van der Waals surface area contributed by atoms with E-state index in [9.17, 15) is 4.79 Å². The molecule has 0 radical (unpaired) electrons. The molecule has 1 fully saturated rings. The lowest BCUT2D eigenvalue weighted by atomic mass is 10.3. The fourth-order valence-corrected chi connectivity index (χ4v) is 2.27. The van der Waals surface area contributed by atoms with Crippen molar-refractivity contribution in [2.45, 2.75) is 12.5 Å². The van der Waals surface area contributed by atoms with Crippen LogP contribution in [0.5, 0.6) is 11.8 Å². The van der Waals surface area contributed by atoms with Gasteiger partial charge in [-0.25, -0.2) is 9.97 Å². The average Bonchev–Trinajstić information content (AvgIpc) is 3.19. The van der Waals surface area contributed by atoms with E-state index in [1.54, 1.807) is 17.2 Å². The lowest BCUT2D eigenvalue weighted by Gasteiger charge is -2.16. The zero-order valence-corrected chi connectivity index (χ0v) is 11.6. The van der Waals surface area contributed by atoms with Crippen LogP contribution in [0.1, 0.15) is 16.8 Å². The van der Waals surface area contributed by atoms with Crippen molar-refractivity contribution in [3.05, 3.63) is 36.5 Å². The number of aromatic nitrogens is 2. The fourth-order valence-electron chi connectivity index (χ4n) is 2.27. The van der Waals surface area contributed by atoms with Gasteiger partial charge in [0.2, 0.25) is 0 Å². The van der Waals surface area contributed by atoms with Crippen molar-refractivity contribution >= 4 is 5.91 Å². The van der Waals surface area contributed by atoms with E-state index in [1.807, 2.05) is 0 Å². The maximum Gasteiger partial charge on any atom is 0.278 e. The van der Waals surface area contributed by atoms with E-state index in [2.05, 4.69) is 9.97 Å². The van der Waals surface area contributed by atoms with Crippen LogP contribution in [0.2, 0.25) is 0 Å². The van der Waals surface area contributed by atoms with Crippen LogP contribution in [-0.2, 0) is 0 Å². The Bertz CT molecular complexity index is 614. The highest BCUT2D eigenvalue weighted by Crippen LogP contribution is 2.24. The molecular weight excluding hydrogens is 274 g/mol. The highest BCUT2D eigenvalue weighted by molar-refractivity contribution is 5.94. The molecule has 7 heteroatoms. The van der Waals surface area contributed by atoms with Crippen molar-refractivity contribution < 1.29 is 18.7 Å². The highest BCUT2D eigenvalue weighted by atomic mass is 16.5. The summed E-state index contributed by atoms with van der Waals surface area (Å²) in [6.07, 6.45) is 6.63. The van der Waals surface area contributed by atoms with Gasteiger partial charge in [0.1, 0.15) is 12.4 Å². The Kier molecular flexibility index (Phi) is 3.72. The van der Waals surface area contributed by atoms with Gasteiger partial charge in [-0.3, -0.25) is 4.79 Å². The number of nitrogens with zero attached hydrogens (tertiary/aromatic N) is 3. The highest BCUT2D eigenvalue weighted by Gasteiger charge is 2.29. The number of ether oxygens (including phenoxy) is 2. The molecule has 3 heterocycles. The average molecular weight is 289 g/mol. The lowest BCUT2D eigenvalue weighted by molar-refractivity contribution is 0.0769. The van der Waals surface area contributed by atoms with Gasteiger partial charge >= 0.3 is 0 Å². The number of hydrogen-bond acceptors (Lipinski definition) is 6. The molecule has 0 spiro atoms. The standard InChI is InChI=1S/C14H15N3O4/c1-19-12-13(16-5-4-15-12)21-11-2-6-17(8-11)14(18)10-3-7-20-9-10/h3-5,7,9,11H,2,6,8H2,1H3. The van der Waals surface area contributed by atoms with Crippen molar-refractivity contribution in [1.29, 1.82) is 0 Å². The Morgan fingerprint density at radius 1 is 1.38 bits per heavy atom.